The molecule has 1 N–H and O–H groups in total. The van der Waals surface area contributed by atoms with Crippen LogP contribution in [0.25, 0.3) is 0 Å². The Morgan fingerprint density at radius 3 is 2.00 bits per heavy atom. The van der Waals surface area contributed by atoms with Crippen LogP contribution in [0, 0.1) is 0 Å². The molecule has 7 heavy (non-hydrogen) atoms. The van der Waals surface area contributed by atoms with Gasteiger partial charge in [-0.25, -0.2) is 0 Å². The molecule has 0 saturated heterocycles. The Morgan fingerprint density at radius 2 is 2.00 bits per heavy atom. The first-order valence-corrected chi connectivity index (χ1v) is 2.86. The van der Waals surface area contributed by atoms with E-state index in [1.165, 1.54) is 0 Å². The topological polar surface area (TPSA) is 20.2 Å². The van der Waals surface area contributed by atoms with Gasteiger partial charge in [-0.15, -0.1) is 0 Å². The van der Waals surface area contributed by atoms with E-state index in [4.69, 9.17) is 5.11 Å². The second kappa shape index (κ2) is 7.18. The minimum Gasteiger partial charge on any atom is -0.395 e. The molecule has 0 rings (SSSR count). The predicted molar refractivity (Wildman–Crippen MR) is 33.7 cm³/mol. The third-order valence-electron chi connectivity index (χ3n) is 0.421. The van der Waals surface area contributed by atoms with Crippen LogP contribution in [0.3, 0.4) is 0 Å². The van der Waals surface area contributed by atoms with Crippen molar-refractivity contribution >= 4 is 25.3 Å². The maximum absolute atomic E-state index is 8.21. The first-order chi connectivity index (χ1) is 2.81. The Kier molecular flexibility index (Phi) is 11.3. The van der Waals surface area contributed by atoms with E-state index in [9.17, 15) is 0 Å². The van der Waals surface area contributed by atoms with Crippen molar-refractivity contribution < 1.29 is 22.2 Å². The van der Waals surface area contributed by atoms with Crippen LogP contribution in [0.2, 0.25) is 0 Å². The molecule has 1 unspecified atom stereocenters. The molecule has 0 aliphatic carbocycles. The first-order valence-electron chi connectivity index (χ1n) is 1.71. The van der Waals surface area contributed by atoms with Gasteiger partial charge in [0, 0.05) is 11.0 Å². The van der Waals surface area contributed by atoms with Crippen molar-refractivity contribution in [3.63, 3.8) is 0 Å². The van der Waals surface area contributed by atoms with E-state index >= 15 is 0 Å². The van der Waals surface area contributed by atoms with Crippen LogP contribution in [0.5, 0.6) is 0 Å². The summed E-state index contributed by atoms with van der Waals surface area (Å²) in [6.45, 7) is 0.118. The predicted octanol–water partition coefficient (Wildman–Crippen LogP) is 0.204. The van der Waals surface area contributed by atoms with E-state index in [1.807, 2.05) is 0 Å². The second-order valence-electron chi connectivity index (χ2n) is 1.02. The number of aliphatic hydroxyl groups is 1. The van der Waals surface area contributed by atoms with Crippen molar-refractivity contribution in [2.24, 2.45) is 0 Å². The molecule has 0 aliphatic heterocycles. The van der Waals surface area contributed by atoms with Gasteiger partial charge >= 0.3 is 17.1 Å². The Hall–Kier alpha value is 1.18. The van der Waals surface area contributed by atoms with Gasteiger partial charge in [0.25, 0.3) is 0 Å². The smallest absolute Gasteiger partial charge is 0.395 e. The van der Waals surface area contributed by atoms with Gasteiger partial charge in [-0.05, 0) is 0 Å². The fraction of sp³-hybridized carbons (Fsp3) is 1.00. The number of hydrogen-bond donors (Lipinski definition) is 3. The Balaban J connectivity index is 0. The zero-order chi connectivity index (χ0) is 4.99. The van der Waals surface area contributed by atoms with Crippen LogP contribution in [0.1, 0.15) is 0 Å². The minimum atomic E-state index is 0. The zero-order valence-electron chi connectivity index (χ0n) is 3.69. The normalized spacial score (nSPS) is 12.4. The molecule has 0 bridgehead atoms. The van der Waals surface area contributed by atoms with Gasteiger partial charge in [-0.3, -0.25) is 0 Å². The van der Waals surface area contributed by atoms with E-state index in [-0.39, 0.29) is 28.9 Å². The number of aliphatic hydroxyl groups excluding tert-OH is 1. The van der Waals surface area contributed by atoms with Gasteiger partial charge in [-0.2, -0.15) is 25.3 Å². The Morgan fingerprint density at radius 1 is 1.57 bits per heavy atom. The van der Waals surface area contributed by atoms with Crippen molar-refractivity contribution in [1.29, 1.82) is 0 Å². The number of thiol groups is 2. The molecule has 1 atom stereocenters. The van der Waals surface area contributed by atoms with Crippen molar-refractivity contribution in [2.45, 2.75) is 5.25 Å². The summed E-state index contributed by atoms with van der Waals surface area (Å²) >= 11 is 7.76. The van der Waals surface area contributed by atoms with E-state index in [1.54, 1.807) is 0 Å². The molecule has 0 aliphatic rings. The molecule has 1 radical (unpaired) electrons. The van der Waals surface area contributed by atoms with E-state index in [2.05, 4.69) is 25.3 Å². The SMILES string of the molecule is OCC(S)CS.[Fe+3]. The summed E-state index contributed by atoms with van der Waals surface area (Å²) in [5, 5.41) is 8.26. The van der Waals surface area contributed by atoms with Gasteiger partial charge in [0.05, 0.1) is 6.61 Å². The molecule has 0 amide bonds. The Labute approximate surface area is 65.2 Å². The van der Waals surface area contributed by atoms with E-state index in [0.29, 0.717) is 5.75 Å². The zero-order valence-corrected chi connectivity index (χ0v) is 6.58. The average Bonchev–Trinajstić information content (AvgIpc) is 1.65. The van der Waals surface area contributed by atoms with Crippen LogP contribution >= 0.6 is 25.3 Å². The monoisotopic (exact) mass is 180 g/mol. The third kappa shape index (κ3) is 7.18. The van der Waals surface area contributed by atoms with E-state index < -0.39 is 0 Å². The molecule has 1 nitrogen and oxygen atoms in total. The van der Waals surface area contributed by atoms with Crippen LogP contribution in [0.15, 0.2) is 0 Å². The molecular formula is C3H8FeOS2+3. The first kappa shape index (κ1) is 11.0. The average molecular weight is 180 g/mol. The fourth-order valence-electron chi connectivity index (χ4n) is 0.0577. The van der Waals surface area contributed by atoms with Crippen LogP contribution in [-0.2, 0) is 17.1 Å². The summed E-state index contributed by atoms with van der Waals surface area (Å²) in [5.74, 6) is 0.639. The molecule has 0 fully saturated rings. The van der Waals surface area contributed by atoms with Gasteiger partial charge in [0.15, 0.2) is 0 Å². The van der Waals surface area contributed by atoms with Crippen molar-refractivity contribution in [1.82, 2.24) is 0 Å². The summed E-state index contributed by atoms with van der Waals surface area (Å²) < 4.78 is 0. The molecule has 0 heterocycles. The maximum atomic E-state index is 8.21. The van der Waals surface area contributed by atoms with Crippen molar-refractivity contribution in [3.05, 3.63) is 0 Å². The number of rotatable bonds is 2. The molecule has 0 aromatic carbocycles. The van der Waals surface area contributed by atoms with Crippen LogP contribution < -0.4 is 0 Å². The van der Waals surface area contributed by atoms with Crippen molar-refractivity contribution in [3.8, 4) is 0 Å². The molecule has 4 heteroatoms. The summed E-state index contributed by atoms with van der Waals surface area (Å²) in [7, 11) is 0. The summed E-state index contributed by atoms with van der Waals surface area (Å²) in [5.41, 5.74) is 0. The maximum Gasteiger partial charge on any atom is 3.00 e. The quantitative estimate of drug-likeness (QED) is 0.409. The molecule has 0 aromatic heterocycles. The summed E-state index contributed by atoms with van der Waals surface area (Å²) in [4.78, 5) is 0. The summed E-state index contributed by atoms with van der Waals surface area (Å²) in [6.07, 6.45) is 0. The number of hydrogen-bond acceptors (Lipinski definition) is 3. The van der Waals surface area contributed by atoms with Crippen LogP contribution in [0.4, 0.5) is 0 Å². The fourth-order valence-corrected chi connectivity index (χ4v) is 0.173. The van der Waals surface area contributed by atoms with Crippen LogP contribution in [-0.4, -0.2) is 22.7 Å². The largest absolute Gasteiger partial charge is 3.00 e. The van der Waals surface area contributed by atoms with Crippen molar-refractivity contribution in [2.75, 3.05) is 12.4 Å². The van der Waals surface area contributed by atoms with Gasteiger partial charge in [-0.1, -0.05) is 0 Å². The molecular weight excluding hydrogens is 172 g/mol. The summed E-state index contributed by atoms with van der Waals surface area (Å²) in [6, 6.07) is 0. The molecule has 43 valence electrons. The molecule has 0 aromatic rings. The van der Waals surface area contributed by atoms with Gasteiger partial charge in [0.1, 0.15) is 0 Å². The molecule has 0 saturated carbocycles. The van der Waals surface area contributed by atoms with Gasteiger partial charge < -0.3 is 5.11 Å². The second-order valence-corrected chi connectivity index (χ2v) is 2.11. The van der Waals surface area contributed by atoms with Gasteiger partial charge in [0.2, 0.25) is 0 Å². The Bertz CT molecular complexity index is 32.1. The molecule has 0 spiro atoms. The third-order valence-corrected chi connectivity index (χ3v) is 1.50. The van der Waals surface area contributed by atoms with E-state index in [0.717, 1.165) is 0 Å². The standard InChI is InChI=1S/C3H8OS2.Fe/c4-1-3(6)2-5;/h3-6H,1-2H2;/q;+3. The minimum absolute atomic E-state index is 0.